The lowest BCUT2D eigenvalue weighted by atomic mass is 9.97. The van der Waals surface area contributed by atoms with E-state index in [2.05, 4.69) is 10.2 Å². The first kappa shape index (κ1) is 17.3. The van der Waals surface area contributed by atoms with Crippen molar-refractivity contribution in [1.29, 1.82) is 0 Å². The van der Waals surface area contributed by atoms with Crippen LogP contribution in [0.25, 0.3) is 5.65 Å². The smallest absolute Gasteiger partial charge is 0.233 e. The molecule has 2 aromatic rings. The Labute approximate surface area is 152 Å². The Hall–Kier alpha value is -1.51. The first-order valence-corrected chi connectivity index (χ1v) is 9.09. The molecule has 2 aromatic heterocycles. The van der Waals surface area contributed by atoms with E-state index >= 15 is 0 Å². The number of nitrogens with two attached hydrogens (primary N) is 1. The summed E-state index contributed by atoms with van der Waals surface area (Å²) < 4.78 is 1.66. The minimum Gasteiger partial charge on any atom is -0.369 e. The Morgan fingerprint density at radius 1 is 1.38 bits per heavy atom. The fraction of sp³-hybridized carbons (Fsp3) is 0.429. The second-order valence-corrected chi connectivity index (χ2v) is 7.34. The number of pyridine rings is 1. The van der Waals surface area contributed by atoms with Gasteiger partial charge in [0, 0.05) is 19.3 Å². The number of hydrogen-bond donors (Lipinski definition) is 1. The van der Waals surface area contributed by atoms with E-state index in [9.17, 15) is 9.59 Å². The van der Waals surface area contributed by atoms with Gasteiger partial charge >= 0.3 is 0 Å². The minimum absolute atomic E-state index is 0.0594. The molecule has 1 fully saturated rings. The van der Waals surface area contributed by atoms with E-state index in [1.165, 1.54) is 11.8 Å². The highest BCUT2D eigenvalue weighted by atomic mass is 35.5. The van der Waals surface area contributed by atoms with Gasteiger partial charge in [0.05, 0.1) is 21.7 Å². The summed E-state index contributed by atoms with van der Waals surface area (Å²) >= 11 is 13.3. The third-order valence-electron chi connectivity index (χ3n) is 3.90. The van der Waals surface area contributed by atoms with E-state index in [4.69, 9.17) is 28.9 Å². The van der Waals surface area contributed by atoms with Gasteiger partial charge in [0.1, 0.15) is 0 Å². The summed E-state index contributed by atoms with van der Waals surface area (Å²) in [6, 6.07) is 1.59. The van der Waals surface area contributed by atoms with Crippen LogP contribution in [0.15, 0.2) is 17.4 Å². The average Bonchev–Trinajstić information content (AvgIpc) is 2.96. The molecule has 128 valence electrons. The summed E-state index contributed by atoms with van der Waals surface area (Å²) in [4.78, 5) is 25.4. The molecule has 3 heterocycles. The number of carbonyl (C=O) groups is 2. The standard InChI is InChI=1S/C14H15Cl2N5O2S/c15-9-4-10(16)13-18-19-14(21(13)6-9)24-7-11(22)20-3-1-2-8(5-20)12(17)23/h4,6,8H,1-3,5,7H2,(H2,17,23)/t8-/m0/s1. The highest BCUT2D eigenvalue weighted by molar-refractivity contribution is 7.99. The number of thioether (sulfide) groups is 1. The Bertz CT molecular complexity index is 797. The van der Waals surface area contributed by atoms with Crippen molar-refractivity contribution >= 4 is 52.4 Å². The molecular formula is C14H15Cl2N5O2S. The molecule has 7 nitrogen and oxygen atoms in total. The second-order valence-electron chi connectivity index (χ2n) is 5.55. The quantitative estimate of drug-likeness (QED) is 0.807. The Kier molecular flexibility index (Phi) is 5.17. The van der Waals surface area contributed by atoms with Gasteiger partial charge in [-0.15, -0.1) is 10.2 Å². The SMILES string of the molecule is NC(=O)[C@H]1CCCN(C(=O)CSc2nnc3c(Cl)cc(Cl)cn23)C1. The van der Waals surface area contributed by atoms with Crippen molar-refractivity contribution in [2.45, 2.75) is 18.0 Å². The van der Waals surface area contributed by atoms with Crippen molar-refractivity contribution in [1.82, 2.24) is 19.5 Å². The third-order valence-corrected chi connectivity index (χ3v) is 5.31. The number of hydrogen-bond acceptors (Lipinski definition) is 5. The summed E-state index contributed by atoms with van der Waals surface area (Å²) in [5, 5.41) is 9.44. The van der Waals surface area contributed by atoms with Gasteiger partial charge in [-0.25, -0.2) is 0 Å². The number of amides is 2. The molecule has 2 N–H and O–H groups in total. The lowest BCUT2D eigenvalue weighted by molar-refractivity contribution is -0.132. The van der Waals surface area contributed by atoms with Crippen molar-refractivity contribution in [3.63, 3.8) is 0 Å². The number of rotatable bonds is 4. The Balaban J connectivity index is 1.67. The molecule has 1 saturated heterocycles. The Morgan fingerprint density at radius 3 is 2.92 bits per heavy atom. The molecule has 0 saturated carbocycles. The molecular weight excluding hydrogens is 373 g/mol. The van der Waals surface area contributed by atoms with Gasteiger partial charge in [0.15, 0.2) is 10.8 Å². The molecule has 10 heteroatoms. The predicted octanol–water partition coefficient (Wildman–Crippen LogP) is 1.85. The van der Waals surface area contributed by atoms with Crippen LogP contribution in [0.5, 0.6) is 0 Å². The molecule has 0 unspecified atom stereocenters. The zero-order chi connectivity index (χ0) is 17.3. The zero-order valence-electron chi connectivity index (χ0n) is 12.6. The molecule has 3 rings (SSSR count). The predicted molar refractivity (Wildman–Crippen MR) is 92.2 cm³/mol. The van der Waals surface area contributed by atoms with Gasteiger partial charge in [-0.1, -0.05) is 35.0 Å². The van der Waals surface area contributed by atoms with E-state index < -0.39 is 0 Å². The van der Waals surface area contributed by atoms with E-state index in [1.807, 2.05) is 0 Å². The number of nitrogens with zero attached hydrogens (tertiary/aromatic N) is 4. The molecule has 2 amide bonds. The largest absolute Gasteiger partial charge is 0.369 e. The summed E-state index contributed by atoms with van der Waals surface area (Å²) in [6.45, 7) is 1.02. The lowest BCUT2D eigenvalue weighted by Gasteiger charge is -2.31. The number of aromatic nitrogens is 3. The van der Waals surface area contributed by atoms with Crippen LogP contribution < -0.4 is 5.73 Å². The third kappa shape index (κ3) is 3.60. The Morgan fingerprint density at radius 2 is 2.17 bits per heavy atom. The highest BCUT2D eigenvalue weighted by Crippen LogP contribution is 2.26. The molecule has 1 aliphatic rings. The maximum absolute atomic E-state index is 12.4. The van der Waals surface area contributed by atoms with Crippen LogP contribution in [0.3, 0.4) is 0 Å². The fourth-order valence-electron chi connectivity index (χ4n) is 2.65. The van der Waals surface area contributed by atoms with E-state index in [0.717, 1.165) is 12.8 Å². The monoisotopic (exact) mass is 387 g/mol. The number of piperidine rings is 1. The van der Waals surface area contributed by atoms with Crippen molar-refractivity contribution in [3.05, 3.63) is 22.3 Å². The van der Waals surface area contributed by atoms with Crippen molar-refractivity contribution < 1.29 is 9.59 Å². The zero-order valence-corrected chi connectivity index (χ0v) is 14.9. The van der Waals surface area contributed by atoms with Crippen molar-refractivity contribution in [2.24, 2.45) is 11.7 Å². The van der Waals surface area contributed by atoms with Crippen LogP contribution in [0.2, 0.25) is 10.0 Å². The molecule has 0 bridgehead atoms. The maximum Gasteiger partial charge on any atom is 0.233 e. The van der Waals surface area contributed by atoms with E-state index in [1.54, 1.807) is 21.6 Å². The van der Waals surface area contributed by atoms with Crippen molar-refractivity contribution in [3.8, 4) is 0 Å². The van der Waals surface area contributed by atoms with Gasteiger partial charge < -0.3 is 10.6 Å². The first-order valence-electron chi connectivity index (χ1n) is 7.35. The van der Waals surface area contributed by atoms with Crippen LogP contribution in [-0.2, 0) is 9.59 Å². The summed E-state index contributed by atoms with van der Waals surface area (Å²) in [5.41, 5.74) is 5.83. The number of likely N-dealkylation sites (tertiary alicyclic amines) is 1. The summed E-state index contributed by atoms with van der Waals surface area (Å²) in [7, 11) is 0. The number of halogens is 2. The molecule has 24 heavy (non-hydrogen) atoms. The van der Waals surface area contributed by atoms with Gasteiger partial charge in [0.2, 0.25) is 11.8 Å². The van der Waals surface area contributed by atoms with Gasteiger partial charge in [-0.2, -0.15) is 0 Å². The average molecular weight is 388 g/mol. The van der Waals surface area contributed by atoms with E-state index in [0.29, 0.717) is 33.9 Å². The summed E-state index contributed by atoms with van der Waals surface area (Å²) in [5.74, 6) is -0.487. The molecule has 0 aromatic carbocycles. The van der Waals surface area contributed by atoms with Gasteiger partial charge in [0.25, 0.3) is 0 Å². The lowest BCUT2D eigenvalue weighted by Crippen LogP contribution is -2.44. The molecule has 1 aliphatic heterocycles. The highest BCUT2D eigenvalue weighted by Gasteiger charge is 2.27. The number of primary amides is 1. The normalized spacial score (nSPS) is 18.1. The maximum atomic E-state index is 12.4. The van der Waals surface area contributed by atoms with Crippen LogP contribution in [0.4, 0.5) is 0 Å². The first-order chi connectivity index (χ1) is 11.5. The van der Waals surface area contributed by atoms with Crippen LogP contribution in [-0.4, -0.2) is 50.2 Å². The van der Waals surface area contributed by atoms with Crippen LogP contribution in [0.1, 0.15) is 12.8 Å². The fourth-order valence-corrected chi connectivity index (χ4v) is 3.98. The minimum atomic E-state index is -0.354. The molecule has 0 spiro atoms. The van der Waals surface area contributed by atoms with Crippen molar-refractivity contribution in [2.75, 3.05) is 18.8 Å². The second kappa shape index (κ2) is 7.16. The van der Waals surface area contributed by atoms with E-state index in [-0.39, 0.29) is 23.5 Å². The van der Waals surface area contributed by atoms with Crippen LogP contribution >= 0.6 is 35.0 Å². The number of fused-ring (bicyclic) bond motifs is 1. The van der Waals surface area contributed by atoms with Crippen LogP contribution in [0, 0.1) is 5.92 Å². The van der Waals surface area contributed by atoms with Gasteiger partial charge in [-0.3, -0.25) is 14.0 Å². The molecule has 0 radical (unpaired) electrons. The molecule has 1 atom stereocenters. The summed E-state index contributed by atoms with van der Waals surface area (Å²) in [6.07, 6.45) is 3.17. The molecule has 0 aliphatic carbocycles. The topological polar surface area (TPSA) is 93.6 Å². The number of carbonyl (C=O) groups excluding carboxylic acids is 2. The van der Waals surface area contributed by atoms with Gasteiger partial charge in [-0.05, 0) is 18.9 Å².